The fraction of sp³-hybridized carbons (Fsp3) is 0.607. The Morgan fingerprint density at radius 2 is 1.61 bits per heavy atom. The number of carbonyl (C=O) groups excluding carboxylic acids is 1. The van der Waals surface area contributed by atoms with Gasteiger partial charge < -0.3 is 20.3 Å². The molecule has 1 aromatic carbocycles. The van der Waals surface area contributed by atoms with Crippen molar-refractivity contribution in [1.82, 2.24) is 34.7 Å². The summed E-state index contributed by atoms with van der Waals surface area (Å²) in [5, 5.41) is 6.65. The van der Waals surface area contributed by atoms with Crippen LogP contribution in [0.1, 0.15) is 57.2 Å². The van der Waals surface area contributed by atoms with Crippen LogP contribution in [0.2, 0.25) is 0 Å². The highest BCUT2D eigenvalue weighted by Gasteiger charge is 2.27. The van der Waals surface area contributed by atoms with Crippen LogP contribution in [0.3, 0.4) is 0 Å². The lowest BCUT2D eigenvalue weighted by molar-refractivity contribution is -0.123. The molecule has 2 N–H and O–H groups in total. The Kier molecular flexibility index (Phi) is 8.51. The lowest BCUT2D eigenvalue weighted by atomic mass is 9.91. The third kappa shape index (κ3) is 6.56. The van der Waals surface area contributed by atoms with Gasteiger partial charge in [-0.2, -0.15) is 15.0 Å². The number of rotatable bonds is 8. The van der Waals surface area contributed by atoms with Gasteiger partial charge in [-0.15, -0.1) is 0 Å². The minimum absolute atomic E-state index is 0.0899. The first-order valence-corrected chi connectivity index (χ1v) is 14.7. The zero-order chi connectivity index (χ0) is 28.2. The molecule has 2 aromatic heterocycles. The molecule has 11 nitrogen and oxygen atoms in total. The van der Waals surface area contributed by atoms with Crippen LogP contribution in [-0.4, -0.2) is 93.3 Å². The van der Waals surface area contributed by atoms with Crippen molar-refractivity contribution in [2.75, 3.05) is 56.2 Å². The van der Waals surface area contributed by atoms with Gasteiger partial charge in [0.2, 0.25) is 23.8 Å². The minimum Gasteiger partial charge on any atom is -0.378 e. The summed E-state index contributed by atoms with van der Waals surface area (Å²) in [4.78, 5) is 34.9. The maximum atomic E-state index is 14.1. The summed E-state index contributed by atoms with van der Waals surface area (Å²) in [6, 6.07) is 7.22. The van der Waals surface area contributed by atoms with E-state index < -0.39 is 12.2 Å². The number of imidazole rings is 1. The lowest BCUT2D eigenvalue weighted by Crippen LogP contribution is -2.45. The summed E-state index contributed by atoms with van der Waals surface area (Å²) in [5.74, 6) is 0.552. The number of nitrogens with zero attached hydrogens (tertiary/aromatic N) is 7. The van der Waals surface area contributed by atoms with E-state index in [2.05, 4.69) is 35.5 Å². The van der Waals surface area contributed by atoms with Crippen LogP contribution in [0.15, 0.2) is 24.3 Å². The molecule has 3 aliphatic rings. The van der Waals surface area contributed by atoms with Crippen molar-refractivity contribution >= 4 is 28.8 Å². The van der Waals surface area contributed by atoms with Crippen molar-refractivity contribution in [2.24, 2.45) is 0 Å². The second-order valence-corrected chi connectivity index (χ2v) is 11.1. The van der Waals surface area contributed by atoms with E-state index in [-0.39, 0.29) is 23.9 Å². The zero-order valence-corrected chi connectivity index (χ0v) is 23.1. The molecule has 220 valence electrons. The molecule has 3 fully saturated rings. The van der Waals surface area contributed by atoms with Gasteiger partial charge in [-0.25, -0.2) is 13.8 Å². The monoisotopic (exact) mass is 569 g/mol. The molecule has 3 aromatic rings. The molecule has 4 heterocycles. The van der Waals surface area contributed by atoms with Crippen molar-refractivity contribution in [3.8, 4) is 5.95 Å². The molecule has 2 saturated heterocycles. The van der Waals surface area contributed by atoms with Gasteiger partial charge >= 0.3 is 0 Å². The van der Waals surface area contributed by atoms with Crippen molar-refractivity contribution in [3.63, 3.8) is 0 Å². The third-order valence-electron chi connectivity index (χ3n) is 8.13. The number of halogens is 2. The molecule has 0 spiro atoms. The van der Waals surface area contributed by atoms with E-state index >= 15 is 0 Å². The summed E-state index contributed by atoms with van der Waals surface area (Å²) >= 11 is 0. The molecule has 41 heavy (non-hydrogen) atoms. The van der Waals surface area contributed by atoms with Crippen LogP contribution >= 0.6 is 0 Å². The Hall–Kier alpha value is -3.45. The number of fused-ring (bicyclic) bond motifs is 1. The summed E-state index contributed by atoms with van der Waals surface area (Å²) in [6.07, 6.45) is 4.13. The van der Waals surface area contributed by atoms with Crippen molar-refractivity contribution in [2.45, 2.75) is 63.5 Å². The average molecular weight is 570 g/mol. The van der Waals surface area contributed by atoms with Crippen molar-refractivity contribution in [1.29, 1.82) is 0 Å². The number of amides is 1. The topological polar surface area (TPSA) is 113 Å². The number of nitrogens with one attached hydrogen (secondary N) is 2. The first-order valence-electron chi connectivity index (χ1n) is 14.7. The normalized spacial score (nSPS) is 22.3. The van der Waals surface area contributed by atoms with Crippen molar-refractivity contribution < 1.29 is 18.3 Å². The second-order valence-electron chi connectivity index (χ2n) is 11.1. The summed E-state index contributed by atoms with van der Waals surface area (Å²) in [5.41, 5.74) is 0.958. The van der Waals surface area contributed by atoms with Gasteiger partial charge in [-0.1, -0.05) is 18.6 Å². The maximum Gasteiger partial charge on any atom is 0.296 e. The highest BCUT2D eigenvalue weighted by atomic mass is 19.3. The van der Waals surface area contributed by atoms with Crippen LogP contribution in [0.5, 0.6) is 0 Å². The van der Waals surface area contributed by atoms with Gasteiger partial charge in [0, 0.05) is 25.2 Å². The van der Waals surface area contributed by atoms with Crippen LogP contribution < -0.4 is 15.5 Å². The lowest BCUT2D eigenvalue weighted by Gasteiger charge is -2.31. The van der Waals surface area contributed by atoms with Gasteiger partial charge in [0.05, 0.1) is 30.8 Å². The number of para-hydroxylation sites is 2. The van der Waals surface area contributed by atoms with Crippen LogP contribution in [-0.2, 0) is 9.53 Å². The predicted octanol–water partition coefficient (Wildman–Crippen LogP) is 3.31. The number of ether oxygens (including phenoxy) is 1. The number of carbonyl (C=O) groups is 1. The van der Waals surface area contributed by atoms with E-state index in [1.807, 2.05) is 4.90 Å². The molecular formula is C28H37F2N9O2. The second kappa shape index (κ2) is 12.6. The Morgan fingerprint density at radius 3 is 2.37 bits per heavy atom. The Bertz CT molecular complexity index is 1330. The van der Waals surface area contributed by atoms with E-state index in [0.29, 0.717) is 55.8 Å². The van der Waals surface area contributed by atoms with Gasteiger partial charge in [0.15, 0.2) is 5.82 Å². The Labute approximate surface area is 237 Å². The molecule has 0 atom stereocenters. The quantitative estimate of drug-likeness (QED) is 0.422. The first kappa shape index (κ1) is 27.7. The Balaban J connectivity index is 1.18. The average Bonchev–Trinajstić information content (AvgIpc) is 3.39. The molecule has 0 unspecified atom stereocenters. The number of aromatic nitrogens is 5. The van der Waals surface area contributed by atoms with Crippen LogP contribution in [0.4, 0.5) is 20.7 Å². The molecule has 1 aliphatic carbocycles. The molecular weight excluding hydrogens is 532 g/mol. The highest BCUT2D eigenvalue weighted by Crippen LogP contribution is 2.28. The van der Waals surface area contributed by atoms with E-state index in [4.69, 9.17) is 4.74 Å². The standard InChI is InChI=1S/C28H37F2N9O2/c29-24(30)25-33-21-6-2-3-7-22(21)39(25)28-35-26(34-27(36-28)38-14-16-41-17-15-38)32-20-10-8-19(9-11-20)31-23(40)18-37-12-4-1-5-13-37/h2-3,6-7,19-20,24H,1,4-5,8-18H2,(H,31,40)(H,32,34,35,36)/t19-,20-. The number of likely N-dealkylation sites (tertiary alicyclic amines) is 1. The van der Waals surface area contributed by atoms with Gasteiger partial charge in [-0.3, -0.25) is 14.3 Å². The van der Waals surface area contributed by atoms with E-state index in [0.717, 1.165) is 51.6 Å². The third-order valence-corrected chi connectivity index (χ3v) is 8.13. The fourth-order valence-corrected chi connectivity index (χ4v) is 5.98. The summed E-state index contributed by atoms with van der Waals surface area (Å²) < 4.78 is 35.0. The molecule has 6 rings (SSSR count). The van der Waals surface area contributed by atoms with Crippen LogP contribution in [0, 0.1) is 0 Å². The largest absolute Gasteiger partial charge is 0.378 e. The molecule has 2 aliphatic heterocycles. The minimum atomic E-state index is -2.80. The predicted molar refractivity (Wildman–Crippen MR) is 151 cm³/mol. The molecule has 1 saturated carbocycles. The summed E-state index contributed by atoms with van der Waals surface area (Å²) in [7, 11) is 0. The number of morpholine rings is 1. The number of alkyl halides is 2. The zero-order valence-electron chi connectivity index (χ0n) is 23.1. The smallest absolute Gasteiger partial charge is 0.296 e. The maximum absolute atomic E-state index is 14.1. The fourth-order valence-electron chi connectivity index (χ4n) is 5.98. The Morgan fingerprint density at radius 1 is 0.902 bits per heavy atom. The number of anilines is 2. The van der Waals surface area contributed by atoms with Gasteiger partial charge in [0.25, 0.3) is 6.43 Å². The van der Waals surface area contributed by atoms with Gasteiger partial charge in [-0.05, 0) is 63.7 Å². The highest BCUT2D eigenvalue weighted by molar-refractivity contribution is 5.78. The number of piperidine rings is 1. The number of hydrogen-bond acceptors (Lipinski definition) is 9. The summed E-state index contributed by atoms with van der Waals surface area (Å²) in [6.45, 7) is 4.73. The van der Waals surface area contributed by atoms with Crippen LogP contribution in [0.25, 0.3) is 17.0 Å². The van der Waals surface area contributed by atoms with Crippen molar-refractivity contribution in [3.05, 3.63) is 30.1 Å². The number of hydrogen-bond donors (Lipinski definition) is 2. The van der Waals surface area contributed by atoms with E-state index in [1.165, 1.54) is 11.0 Å². The molecule has 13 heteroatoms. The molecule has 0 bridgehead atoms. The number of benzene rings is 1. The first-order chi connectivity index (χ1) is 20.0. The van der Waals surface area contributed by atoms with E-state index in [9.17, 15) is 13.6 Å². The van der Waals surface area contributed by atoms with Gasteiger partial charge in [0.1, 0.15) is 0 Å². The molecule has 0 radical (unpaired) electrons. The van der Waals surface area contributed by atoms with E-state index in [1.54, 1.807) is 24.3 Å². The molecule has 1 amide bonds. The SMILES string of the molecule is O=C(CN1CCCCC1)N[C@H]1CC[C@H](Nc2nc(N3CCOCC3)nc(-n3c(C(F)F)nc4ccccc43)n2)CC1.